The molecule has 0 amide bonds. The van der Waals surface area contributed by atoms with Crippen LogP contribution in [-0.2, 0) is 0 Å². The van der Waals surface area contributed by atoms with E-state index in [9.17, 15) is 5.11 Å². The van der Waals surface area contributed by atoms with Gasteiger partial charge in [-0.05, 0) is 25.7 Å². The molecule has 3 rings (SSSR count). The smallest absolute Gasteiger partial charge is 0.0789 e. The van der Waals surface area contributed by atoms with Crippen molar-refractivity contribution in [2.24, 2.45) is 11.3 Å². The van der Waals surface area contributed by atoms with Gasteiger partial charge < -0.3 is 5.11 Å². The summed E-state index contributed by atoms with van der Waals surface area (Å²) in [4.78, 5) is 0. The van der Waals surface area contributed by atoms with Crippen LogP contribution in [0.15, 0.2) is 59.8 Å². The van der Waals surface area contributed by atoms with E-state index in [4.69, 9.17) is 0 Å². The maximum Gasteiger partial charge on any atom is 0.0789 e. The molecule has 0 aromatic carbocycles. The van der Waals surface area contributed by atoms with Crippen LogP contribution in [-0.4, -0.2) is 11.2 Å². The molecule has 118 valence electrons. The molecular formula is C21H28O. The maximum atomic E-state index is 10.6. The van der Waals surface area contributed by atoms with Crippen molar-refractivity contribution in [3.8, 4) is 0 Å². The molecule has 0 aromatic rings. The third kappa shape index (κ3) is 3.20. The van der Waals surface area contributed by atoms with Gasteiger partial charge in [-0.2, -0.15) is 0 Å². The van der Waals surface area contributed by atoms with Crippen LogP contribution < -0.4 is 0 Å². The number of hydrogen-bond donors (Lipinski definition) is 1. The van der Waals surface area contributed by atoms with E-state index in [0.29, 0.717) is 11.3 Å². The summed E-state index contributed by atoms with van der Waals surface area (Å²) in [5.41, 5.74) is 3.67. The van der Waals surface area contributed by atoms with Crippen LogP contribution in [0.3, 0.4) is 0 Å². The summed E-state index contributed by atoms with van der Waals surface area (Å²) in [5, 5.41) is 10.6. The topological polar surface area (TPSA) is 20.2 Å². The number of unbranched alkanes of at least 4 members (excludes halogenated alkanes) is 2. The summed E-state index contributed by atoms with van der Waals surface area (Å²) in [7, 11) is 0. The van der Waals surface area contributed by atoms with E-state index in [1.54, 1.807) is 11.1 Å². The van der Waals surface area contributed by atoms with Gasteiger partial charge in [0.15, 0.2) is 0 Å². The van der Waals surface area contributed by atoms with E-state index < -0.39 is 0 Å². The Kier molecular flexibility index (Phi) is 4.83. The van der Waals surface area contributed by atoms with Gasteiger partial charge in [-0.15, -0.1) is 0 Å². The summed E-state index contributed by atoms with van der Waals surface area (Å²) in [6.45, 7) is 2.24. The first kappa shape index (κ1) is 15.6. The SMILES string of the molecule is CCCCC[C@@H]1C2=C3C[C@@]32C/C=C\C\C=C/C=C/C=C/C1O. The molecule has 3 atom stereocenters. The van der Waals surface area contributed by atoms with Crippen LogP contribution in [0, 0.1) is 11.3 Å². The predicted octanol–water partition coefficient (Wildman–Crippen LogP) is 5.26. The second-order valence-electron chi connectivity index (χ2n) is 6.85. The summed E-state index contributed by atoms with van der Waals surface area (Å²) in [6, 6.07) is 0. The van der Waals surface area contributed by atoms with Crippen LogP contribution in [0.4, 0.5) is 0 Å². The number of aliphatic hydroxyl groups is 1. The third-order valence-electron chi connectivity index (χ3n) is 5.29. The molecule has 1 nitrogen and oxygen atoms in total. The van der Waals surface area contributed by atoms with E-state index in [1.807, 2.05) is 24.3 Å². The Morgan fingerprint density at radius 2 is 1.95 bits per heavy atom. The van der Waals surface area contributed by atoms with Crippen LogP contribution >= 0.6 is 0 Å². The minimum atomic E-state index is -0.329. The molecule has 0 aliphatic heterocycles. The summed E-state index contributed by atoms with van der Waals surface area (Å²) in [6.07, 6.45) is 24.9. The standard InChI is InChI=1S/C21H28O/c1-2-3-10-13-17-19(22)14-11-8-6-4-5-7-9-12-15-21-16-18(21)20(17)21/h4-6,8-9,11-12,14,17,19,22H,2-3,7,10,13,15-16H2,1H3/b5-4-,8-6+,12-9-,14-11+/t17-,19?,21-/m0/s1. The molecule has 1 heteroatoms. The molecule has 0 radical (unpaired) electrons. The molecule has 0 aromatic heterocycles. The number of allylic oxidation sites excluding steroid dienone is 8. The zero-order valence-electron chi connectivity index (χ0n) is 13.7. The molecule has 1 N–H and O–H groups in total. The number of rotatable bonds is 4. The van der Waals surface area contributed by atoms with Crippen molar-refractivity contribution < 1.29 is 5.11 Å². The fourth-order valence-electron chi connectivity index (χ4n) is 3.83. The number of aliphatic hydroxyl groups excluding tert-OH is 1. The minimum absolute atomic E-state index is 0.329. The van der Waals surface area contributed by atoms with Crippen LogP contribution in [0.2, 0.25) is 0 Å². The molecule has 1 saturated carbocycles. The maximum absolute atomic E-state index is 10.6. The molecule has 1 spiro atoms. The van der Waals surface area contributed by atoms with Crippen molar-refractivity contribution >= 4 is 0 Å². The van der Waals surface area contributed by atoms with Crippen LogP contribution in [0.1, 0.15) is 51.9 Å². The van der Waals surface area contributed by atoms with Crippen molar-refractivity contribution in [3.63, 3.8) is 0 Å². The first-order chi connectivity index (χ1) is 10.8. The highest BCUT2D eigenvalue weighted by Gasteiger charge is 2.67. The Morgan fingerprint density at radius 1 is 1.09 bits per heavy atom. The van der Waals surface area contributed by atoms with E-state index >= 15 is 0 Å². The highest BCUT2D eigenvalue weighted by Crippen LogP contribution is 2.78. The summed E-state index contributed by atoms with van der Waals surface area (Å²) < 4.78 is 0. The summed E-state index contributed by atoms with van der Waals surface area (Å²) in [5.74, 6) is 0.354. The fraction of sp³-hybridized carbons (Fsp3) is 0.524. The lowest BCUT2D eigenvalue weighted by Gasteiger charge is -2.23. The van der Waals surface area contributed by atoms with Gasteiger partial charge in [0.25, 0.3) is 0 Å². The Morgan fingerprint density at radius 3 is 2.77 bits per heavy atom. The van der Waals surface area contributed by atoms with E-state index in [2.05, 4.69) is 31.2 Å². The lowest BCUT2D eigenvalue weighted by Crippen LogP contribution is -2.21. The highest BCUT2D eigenvalue weighted by molar-refractivity contribution is 5.66. The van der Waals surface area contributed by atoms with Gasteiger partial charge in [0.05, 0.1) is 6.10 Å². The van der Waals surface area contributed by atoms with E-state index in [0.717, 1.165) is 19.3 Å². The summed E-state index contributed by atoms with van der Waals surface area (Å²) >= 11 is 0. The zero-order valence-corrected chi connectivity index (χ0v) is 13.7. The first-order valence-corrected chi connectivity index (χ1v) is 8.86. The third-order valence-corrected chi connectivity index (χ3v) is 5.29. The molecule has 1 unspecified atom stereocenters. The molecule has 0 bridgehead atoms. The Balaban J connectivity index is 1.72. The number of hydrogen-bond acceptors (Lipinski definition) is 1. The zero-order chi connectivity index (χ0) is 15.4. The normalized spacial score (nSPS) is 39.2. The Hall–Kier alpha value is -1.34. The van der Waals surface area contributed by atoms with Gasteiger partial charge in [0, 0.05) is 11.3 Å². The quantitative estimate of drug-likeness (QED) is 0.554. The highest BCUT2D eigenvalue weighted by atomic mass is 16.3. The molecular weight excluding hydrogens is 268 g/mol. The second kappa shape index (κ2) is 6.83. The van der Waals surface area contributed by atoms with Crippen LogP contribution in [0.5, 0.6) is 0 Å². The minimum Gasteiger partial charge on any atom is -0.388 e. The lowest BCUT2D eigenvalue weighted by atomic mass is 9.85. The average molecular weight is 296 g/mol. The van der Waals surface area contributed by atoms with E-state index in [1.165, 1.54) is 25.7 Å². The van der Waals surface area contributed by atoms with Gasteiger partial charge in [0.2, 0.25) is 0 Å². The lowest BCUT2D eigenvalue weighted by molar-refractivity contribution is 0.160. The van der Waals surface area contributed by atoms with Gasteiger partial charge in [-0.3, -0.25) is 0 Å². The first-order valence-electron chi connectivity index (χ1n) is 8.86. The molecule has 22 heavy (non-hydrogen) atoms. The average Bonchev–Trinajstić information content (AvgIpc) is 3.37. The fourth-order valence-corrected chi connectivity index (χ4v) is 3.83. The van der Waals surface area contributed by atoms with E-state index in [-0.39, 0.29) is 6.10 Å². The monoisotopic (exact) mass is 296 g/mol. The van der Waals surface area contributed by atoms with Crippen molar-refractivity contribution in [3.05, 3.63) is 59.8 Å². The van der Waals surface area contributed by atoms with Gasteiger partial charge in [-0.1, -0.05) is 85.9 Å². The predicted molar refractivity (Wildman–Crippen MR) is 93.5 cm³/mol. The molecule has 3 aliphatic carbocycles. The van der Waals surface area contributed by atoms with Crippen LogP contribution in [0.25, 0.3) is 0 Å². The van der Waals surface area contributed by atoms with Gasteiger partial charge >= 0.3 is 0 Å². The van der Waals surface area contributed by atoms with Gasteiger partial charge in [0.1, 0.15) is 0 Å². The Labute approximate surface area is 134 Å². The molecule has 0 heterocycles. The van der Waals surface area contributed by atoms with Crippen molar-refractivity contribution in [2.75, 3.05) is 0 Å². The van der Waals surface area contributed by atoms with Crippen molar-refractivity contribution in [2.45, 2.75) is 58.0 Å². The molecule has 1 fully saturated rings. The van der Waals surface area contributed by atoms with Gasteiger partial charge in [-0.25, -0.2) is 0 Å². The Bertz CT molecular complexity index is 546. The van der Waals surface area contributed by atoms with Crippen molar-refractivity contribution in [1.29, 1.82) is 0 Å². The van der Waals surface area contributed by atoms with Crippen molar-refractivity contribution in [1.82, 2.24) is 0 Å². The second-order valence-corrected chi connectivity index (χ2v) is 6.85. The largest absolute Gasteiger partial charge is 0.388 e. The molecule has 0 saturated heterocycles. The molecule has 3 aliphatic rings.